The average molecular weight is 419 g/mol. The number of piperazine rings is 1. The average Bonchev–Trinajstić information content (AvgIpc) is 2.99. The van der Waals surface area contributed by atoms with Crippen LogP contribution in [0, 0.1) is 0 Å². The van der Waals surface area contributed by atoms with Crippen LogP contribution in [-0.2, 0) is 14.4 Å². The van der Waals surface area contributed by atoms with Crippen molar-refractivity contribution in [1.29, 1.82) is 0 Å². The van der Waals surface area contributed by atoms with Gasteiger partial charge in [0.2, 0.25) is 23.6 Å². The van der Waals surface area contributed by atoms with Crippen molar-refractivity contribution in [2.45, 2.75) is 12.8 Å². The highest BCUT2D eigenvalue weighted by Gasteiger charge is 2.18. The maximum absolute atomic E-state index is 12.1. The highest BCUT2D eigenvalue weighted by molar-refractivity contribution is 5.81. The van der Waals surface area contributed by atoms with Crippen LogP contribution in [0.1, 0.15) is 12.8 Å². The van der Waals surface area contributed by atoms with Gasteiger partial charge >= 0.3 is 5.97 Å². The third-order valence-corrected chi connectivity index (χ3v) is 4.69. The third-order valence-electron chi connectivity index (χ3n) is 4.69. The molecule has 0 unspecified atom stereocenters. The minimum atomic E-state index is -0.769. The molecule has 1 aliphatic heterocycles. The zero-order chi connectivity index (χ0) is 21.4. The Kier molecular flexibility index (Phi) is 8.28. The monoisotopic (exact) mass is 419 g/mol. The molecule has 11 nitrogen and oxygen atoms in total. The van der Waals surface area contributed by atoms with Gasteiger partial charge in [-0.2, -0.15) is 0 Å². The predicted octanol–water partition coefficient (Wildman–Crippen LogP) is -1.54. The van der Waals surface area contributed by atoms with Gasteiger partial charge in [-0.3, -0.25) is 14.5 Å². The molecule has 0 atom stereocenters. The summed E-state index contributed by atoms with van der Waals surface area (Å²) in [4.78, 5) is 46.4. The van der Waals surface area contributed by atoms with Gasteiger partial charge in [0.1, 0.15) is 0 Å². The van der Waals surface area contributed by atoms with Crippen LogP contribution in [-0.4, -0.2) is 107 Å². The van der Waals surface area contributed by atoms with Gasteiger partial charge in [-0.25, -0.2) is 4.79 Å². The van der Waals surface area contributed by atoms with E-state index in [1.54, 1.807) is 7.05 Å². The number of hydrogen-bond acceptors (Lipinski definition) is 8. The first-order valence-electron chi connectivity index (χ1n) is 9.48. The van der Waals surface area contributed by atoms with Gasteiger partial charge in [-0.1, -0.05) is 0 Å². The minimum absolute atomic E-state index is 0.0784. The highest BCUT2D eigenvalue weighted by Crippen LogP contribution is 2.18. The maximum atomic E-state index is 12.1. The lowest BCUT2D eigenvalue weighted by molar-refractivity contribution is -0.147. The van der Waals surface area contributed by atoms with Crippen molar-refractivity contribution >= 4 is 17.8 Å². The predicted molar refractivity (Wildman–Crippen MR) is 103 cm³/mol. The minimum Gasteiger partial charge on any atom is -0.492 e. The number of nitrogens with one attached hydrogen (secondary N) is 1. The SMILES string of the molecule is CN1CC[15N]([13CH2]C(=O)NCCN(C)[13C](=O)[13CH2][13CH2][13C](=O)On2c(O)ccc2O)[13CH2][13CH2]1. The fourth-order valence-electron chi connectivity index (χ4n) is 2.80. The number of hydrogen-bond donors (Lipinski definition) is 3. The number of carbonyl (C=O) groups excluding carboxylic acids is 3. The molecule has 0 bridgehead atoms. The van der Waals surface area contributed by atoms with E-state index in [-0.39, 0.29) is 24.7 Å². The second-order valence-corrected chi connectivity index (χ2v) is 7.05. The summed E-state index contributed by atoms with van der Waals surface area (Å²) in [6.07, 6.45) is -0.302. The van der Waals surface area contributed by atoms with E-state index in [1.807, 2.05) is 0 Å². The van der Waals surface area contributed by atoms with Gasteiger partial charge < -0.3 is 30.2 Å². The number of amides is 2. The molecule has 162 valence electrons. The smallest absolute Gasteiger partial charge is 0.333 e. The summed E-state index contributed by atoms with van der Waals surface area (Å²) in [6, 6.07) is 2.33. The van der Waals surface area contributed by atoms with Crippen LogP contribution >= 0.6 is 0 Å². The molecule has 0 radical (unpaired) electrons. The van der Waals surface area contributed by atoms with E-state index < -0.39 is 17.7 Å². The van der Waals surface area contributed by atoms with E-state index >= 15 is 0 Å². The van der Waals surface area contributed by atoms with Crippen molar-refractivity contribution in [3.8, 4) is 11.8 Å². The molecule has 1 saturated heterocycles. The van der Waals surface area contributed by atoms with E-state index in [0.29, 0.717) is 24.4 Å². The van der Waals surface area contributed by atoms with Gasteiger partial charge in [0.05, 0.1) is 13.0 Å². The van der Waals surface area contributed by atoms with Gasteiger partial charge in [-0.15, -0.1) is 4.73 Å². The van der Waals surface area contributed by atoms with Crippen LogP contribution in [0.15, 0.2) is 12.1 Å². The molecule has 29 heavy (non-hydrogen) atoms. The zero-order valence-corrected chi connectivity index (χ0v) is 16.8. The lowest BCUT2D eigenvalue weighted by atomic mass is 10.6. The van der Waals surface area contributed by atoms with Crippen LogP contribution < -0.4 is 10.2 Å². The Balaban J connectivity index is 1.60. The van der Waals surface area contributed by atoms with Crippen LogP contribution in [0.4, 0.5) is 0 Å². The summed E-state index contributed by atoms with van der Waals surface area (Å²) in [7, 11) is 3.64. The number of likely N-dealkylation sites (N-methyl/N-ethyl adjacent to an activating group) is 2. The quantitative estimate of drug-likeness (QED) is 0.325. The van der Waals surface area contributed by atoms with Crippen molar-refractivity contribution < 1.29 is 29.4 Å². The molecule has 2 rings (SSSR count). The van der Waals surface area contributed by atoms with Crippen LogP contribution in [0.3, 0.4) is 0 Å². The highest BCUT2D eigenvalue weighted by atomic mass is 16.8. The number of rotatable bonds is 9. The second kappa shape index (κ2) is 10.7. The summed E-state index contributed by atoms with van der Waals surface area (Å²) in [6.45, 7) is 4.59. The molecule has 11 heteroatoms. The molecule has 0 spiro atoms. The Bertz CT molecular complexity index is 694. The third kappa shape index (κ3) is 7.27. The summed E-state index contributed by atoms with van der Waals surface area (Å²) >= 11 is 0. The first kappa shape index (κ1) is 22.5. The van der Waals surface area contributed by atoms with E-state index in [2.05, 4.69) is 22.2 Å². The van der Waals surface area contributed by atoms with Crippen molar-refractivity contribution in [1.82, 2.24) is 24.7 Å². The number of aromatic hydroxyl groups is 2. The Morgan fingerprint density at radius 3 is 2.34 bits per heavy atom. The van der Waals surface area contributed by atoms with Gasteiger partial charge in [0, 0.05) is 64.9 Å². The standard InChI is InChI=1S/C18H29N5O6/c1-20-9-11-22(12-10-20)13-14(24)19-7-8-21(2)15(25)5-6-18(28)29-23-16(26)3-4-17(23)27/h3-4,26-27H,5-13H2,1-2H3,(H,19,24)/i5+1,6+1,9+1,11+1,13+1,15+1,18+1,22+1. The second-order valence-electron chi connectivity index (χ2n) is 7.05. The maximum Gasteiger partial charge on any atom is 0.333 e. The number of aromatic nitrogens is 1. The lowest BCUT2D eigenvalue weighted by Gasteiger charge is -2.31. The Labute approximate surface area is 169 Å². The normalized spacial score (nSPS) is 15.1. The molecule has 0 saturated carbocycles. The Morgan fingerprint density at radius 2 is 1.72 bits per heavy atom. The fourth-order valence-corrected chi connectivity index (χ4v) is 2.80. The number of nitrogens with zero attached hydrogens (tertiary/aromatic N) is 4. The van der Waals surface area contributed by atoms with E-state index in [1.165, 1.54) is 17.0 Å². The molecule has 1 aromatic rings. The summed E-state index contributed by atoms with van der Waals surface area (Å²) < 4.78 is 0.576. The van der Waals surface area contributed by atoms with Crippen molar-refractivity contribution in [2.75, 3.05) is 59.9 Å². The Hall–Kier alpha value is -2.79. The van der Waals surface area contributed by atoms with Gasteiger partial charge in [-0.05, 0) is 7.05 Å². The number of carbonyl (C=O) groups is 3. The summed E-state index contributed by atoms with van der Waals surface area (Å²) in [5.41, 5.74) is 0. The zero-order valence-electron chi connectivity index (χ0n) is 16.8. The van der Waals surface area contributed by atoms with E-state index in [9.17, 15) is 24.6 Å². The van der Waals surface area contributed by atoms with E-state index in [0.717, 1.165) is 26.2 Å². The van der Waals surface area contributed by atoms with Crippen molar-refractivity contribution in [3.05, 3.63) is 12.1 Å². The first-order chi connectivity index (χ1) is 13.8. The lowest BCUT2D eigenvalue weighted by Crippen LogP contribution is -2.48. The summed E-state index contributed by atoms with van der Waals surface area (Å²) in [5, 5.41) is 21.6. The molecule has 2 amide bonds. The molecule has 1 aliphatic rings. The largest absolute Gasteiger partial charge is 0.492 e. The van der Waals surface area contributed by atoms with E-state index in [4.69, 9.17) is 4.84 Å². The summed E-state index contributed by atoms with van der Waals surface area (Å²) in [5.74, 6) is -1.98. The molecule has 1 fully saturated rings. The molecule has 2 heterocycles. The molecular formula is C18H29N5O6. The topological polar surface area (TPSA) is 128 Å². The Morgan fingerprint density at radius 1 is 1.10 bits per heavy atom. The molecule has 3 N–H and O–H groups in total. The molecule has 1 aromatic heterocycles. The van der Waals surface area contributed by atoms with Crippen LogP contribution in [0.5, 0.6) is 11.8 Å². The molecule has 0 aliphatic carbocycles. The molecular weight excluding hydrogens is 390 g/mol. The van der Waals surface area contributed by atoms with Gasteiger partial charge in [0.15, 0.2) is 0 Å². The molecule has 0 aromatic carbocycles. The van der Waals surface area contributed by atoms with Crippen molar-refractivity contribution in [3.63, 3.8) is 0 Å². The van der Waals surface area contributed by atoms with Gasteiger partial charge in [0.25, 0.3) is 0 Å². The van der Waals surface area contributed by atoms with Crippen molar-refractivity contribution in [2.24, 2.45) is 0 Å². The van der Waals surface area contributed by atoms with Crippen LogP contribution in [0.25, 0.3) is 0 Å². The first-order valence-corrected chi connectivity index (χ1v) is 9.48. The fraction of sp³-hybridized carbons (Fsp3) is 0.611. The van der Waals surface area contributed by atoms with Crippen LogP contribution in [0.2, 0.25) is 0 Å².